The fraction of sp³-hybridized carbons (Fsp3) is 0. The van der Waals surface area contributed by atoms with Crippen LogP contribution in [-0.4, -0.2) is 86.0 Å². The molecule has 0 heterocycles. The summed E-state index contributed by atoms with van der Waals surface area (Å²) >= 11 is 0. The molecule has 0 radical (unpaired) electrons. The summed E-state index contributed by atoms with van der Waals surface area (Å²) in [5.41, 5.74) is 0. The van der Waals surface area contributed by atoms with Gasteiger partial charge in [-0.05, 0) is 11.0 Å². The van der Waals surface area contributed by atoms with Gasteiger partial charge in [0, 0.05) is 0 Å². The maximum atomic E-state index is 8.74. The monoisotopic (exact) mass is 344 g/mol. The van der Waals surface area contributed by atoms with Gasteiger partial charge in [0.25, 0.3) is 0 Å². The van der Waals surface area contributed by atoms with Gasteiger partial charge < -0.3 is 38.4 Å². The van der Waals surface area contributed by atoms with Crippen molar-refractivity contribution in [1.82, 2.24) is 0 Å². The van der Waals surface area contributed by atoms with Crippen molar-refractivity contribution in [3.05, 3.63) is 0 Å². The molecule has 0 bridgehead atoms. The zero-order valence-electron chi connectivity index (χ0n) is 7.21. The van der Waals surface area contributed by atoms with Crippen LogP contribution in [0.4, 0.5) is 0 Å². The van der Waals surface area contributed by atoms with E-state index in [1.807, 2.05) is 0 Å². The number of rotatable bonds is 0. The molecule has 0 spiro atoms. The third-order valence-corrected chi connectivity index (χ3v) is 0. The third kappa shape index (κ3) is 1370. The summed E-state index contributed by atoms with van der Waals surface area (Å²) in [5.74, 6) is 0. The van der Waals surface area contributed by atoms with Gasteiger partial charge in [-0.3, -0.25) is 17.8 Å². The molecule has 12 nitrogen and oxygen atoms in total. The Kier molecular flexibility index (Phi) is 42.0. The van der Waals surface area contributed by atoms with Crippen LogP contribution in [0, 0.1) is 0 Å². The fourth-order valence-electron chi connectivity index (χ4n) is 0. The highest BCUT2D eigenvalue weighted by Crippen LogP contribution is 1.28. The fourth-order valence-corrected chi connectivity index (χ4v) is 0. The normalized spacial score (nSPS) is 5.65. The van der Waals surface area contributed by atoms with Gasteiger partial charge in [-0.15, -0.1) is 0 Å². The molecular weight excluding hydrogens is 332 g/mol. The lowest BCUT2D eigenvalue weighted by Crippen LogP contribution is -1.90. The Labute approximate surface area is 104 Å². The molecule has 0 aromatic heterocycles. The molecule has 0 aromatic rings. The summed E-state index contributed by atoms with van der Waals surface area (Å²) in [6.07, 6.45) is 0. The van der Waals surface area contributed by atoms with Gasteiger partial charge in [-0.25, -0.2) is 0 Å². The molecular formula is H12O12Si5. The number of hydrogen-bond acceptors (Lipinski definition) is 4. The highest BCUT2D eigenvalue weighted by Gasteiger charge is 1.86. The van der Waals surface area contributed by atoms with Gasteiger partial charge in [0.2, 0.25) is 0 Å². The second-order valence-corrected chi connectivity index (χ2v) is 3.39. The second kappa shape index (κ2) is 24.1. The predicted octanol–water partition coefficient (Wildman–Crippen LogP) is -7.91. The first-order chi connectivity index (χ1) is 6.93. The largest absolute Gasteiger partial charge is 0.761 e. The van der Waals surface area contributed by atoms with E-state index in [2.05, 4.69) is 0 Å². The first-order valence-electron chi connectivity index (χ1n) is 2.61. The molecule has 0 aliphatic carbocycles. The minimum Gasteiger partial charge on any atom is -0.511 e. The Balaban J connectivity index is -0.0000000369. The topological polar surface area (TPSA) is 230 Å². The summed E-state index contributed by atoms with van der Waals surface area (Å²) in [4.78, 5) is 57.3. The molecule has 0 aromatic carbocycles. The van der Waals surface area contributed by atoms with E-state index in [9.17, 15) is 0 Å². The van der Waals surface area contributed by atoms with Crippen LogP contribution in [0.3, 0.4) is 0 Å². The summed E-state index contributed by atoms with van der Waals surface area (Å²) in [7, 11) is -12.5. The van der Waals surface area contributed by atoms with E-state index in [0.29, 0.717) is 0 Å². The van der Waals surface area contributed by atoms with Crippen molar-refractivity contribution in [2.75, 3.05) is 0 Å². The standard InChI is InChI=1S/4H2O3Si.H4Si/c4*1-4(2)3;/h4*1-2H;1H4. The first-order valence-corrected chi connectivity index (χ1v) is 7.82. The predicted molar refractivity (Wildman–Crippen MR) is 54.8 cm³/mol. The van der Waals surface area contributed by atoms with Gasteiger partial charge in [0.1, 0.15) is 0 Å². The van der Waals surface area contributed by atoms with Crippen LogP contribution < -0.4 is 0 Å². The van der Waals surface area contributed by atoms with Gasteiger partial charge >= 0.3 is 36.7 Å². The Morgan fingerprint density at radius 1 is 0.412 bits per heavy atom. The lowest BCUT2D eigenvalue weighted by Gasteiger charge is -1.55. The molecule has 0 aliphatic rings. The lowest BCUT2D eigenvalue weighted by atomic mass is 15.8. The lowest BCUT2D eigenvalue weighted by molar-refractivity contribution is 0.328. The molecule has 0 rings (SSSR count). The van der Waals surface area contributed by atoms with Crippen LogP contribution in [0.25, 0.3) is 0 Å². The van der Waals surface area contributed by atoms with E-state index in [4.69, 9.17) is 56.2 Å². The van der Waals surface area contributed by atoms with Crippen LogP contribution in [0.5, 0.6) is 0 Å². The van der Waals surface area contributed by atoms with Gasteiger partial charge in [0.05, 0.1) is 0 Å². The van der Waals surface area contributed by atoms with E-state index >= 15 is 0 Å². The molecule has 0 unspecified atom stereocenters. The van der Waals surface area contributed by atoms with Crippen molar-refractivity contribution >= 4 is 47.6 Å². The molecule has 104 valence electrons. The smallest absolute Gasteiger partial charge is 0.511 e. The first kappa shape index (κ1) is 29.6. The summed E-state index contributed by atoms with van der Waals surface area (Å²) in [6, 6.07) is 0. The minimum atomic E-state index is -3.13. The molecule has 0 saturated heterocycles. The Morgan fingerprint density at radius 2 is 0.412 bits per heavy atom. The van der Waals surface area contributed by atoms with Crippen LogP contribution in [0.1, 0.15) is 0 Å². The van der Waals surface area contributed by atoms with E-state index < -0.39 is 36.7 Å². The van der Waals surface area contributed by atoms with Gasteiger partial charge in [0.15, 0.2) is 0 Å². The SMILES string of the molecule is O=[Si](O)O.O=[Si](O)O.O=[Si](O)O.O=[Si](O)O.[SiH4]. The van der Waals surface area contributed by atoms with E-state index in [1.165, 1.54) is 0 Å². The molecule has 0 aliphatic heterocycles. The molecule has 17 heavy (non-hydrogen) atoms. The molecule has 0 atom stereocenters. The van der Waals surface area contributed by atoms with E-state index in [-0.39, 0.29) is 11.0 Å². The van der Waals surface area contributed by atoms with Crippen molar-refractivity contribution < 1.29 is 56.2 Å². The summed E-state index contributed by atoms with van der Waals surface area (Å²) < 4.78 is 35.0. The van der Waals surface area contributed by atoms with E-state index in [1.54, 1.807) is 0 Å². The quantitative estimate of drug-likeness (QED) is 0.191. The number of hydrogen-bond donors (Lipinski definition) is 8. The summed E-state index contributed by atoms with van der Waals surface area (Å²) in [6.45, 7) is 0. The summed E-state index contributed by atoms with van der Waals surface area (Å²) in [5, 5.41) is 0. The molecule has 0 saturated carbocycles. The Morgan fingerprint density at radius 3 is 0.412 bits per heavy atom. The van der Waals surface area contributed by atoms with Crippen molar-refractivity contribution in [3.8, 4) is 0 Å². The van der Waals surface area contributed by atoms with Crippen LogP contribution in [0.15, 0.2) is 0 Å². The van der Waals surface area contributed by atoms with Crippen molar-refractivity contribution in [2.24, 2.45) is 0 Å². The van der Waals surface area contributed by atoms with E-state index in [0.717, 1.165) is 0 Å². The highest BCUT2D eigenvalue weighted by atomic mass is 28.3. The van der Waals surface area contributed by atoms with Gasteiger partial charge in [-0.1, -0.05) is 0 Å². The van der Waals surface area contributed by atoms with Crippen LogP contribution >= 0.6 is 0 Å². The minimum absolute atomic E-state index is 0. The zero-order chi connectivity index (χ0) is 14.3. The maximum absolute atomic E-state index is 8.74. The highest BCUT2D eigenvalue weighted by molar-refractivity contribution is 6.22. The van der Waals surface area contributed by atoms with Crippen LogP contribution in [-0.2, 0) is 17.8 Å². The molecule has 0 fully saturated rings. The van der Waals surface area contributed by atoms with Crippen LogP contribution in [0.2, 0.25) is 0 Å². The average Bonchev–Trinajstić information content (AvgIpc) is 1.76. The molecule has 0 amide bonds. The second-order valence-electron chi connectivity index (χ2n) is 1.13. The molecule has 8 N–H and O–H groups in total. The maximum Gasteiger partial charge on any atom is 0.761 e. The van der Waals surface area contributed by atoms with Gasteiger partial charge in [-0.2, -0.15) is 0 Å². The van der Waals surface area contributed by atoms with Crippen molar-refractivity contribution in [1.29, 1.82) is 0 Å². The van der Waals surface area contributed by atoms with Crippen molar-refractivity contribution in [2.45, 2.75) is 0 Å². The zero-order valence-corrected chi connectivity index (χ0v) is 11.2. The van der Waals surface area contributed by atoms with Crippen molar-refractivity contribution in [3.63, 3.8) is 0 Å². The Bertz CT molecular complexity index is 155. The third-order valence-electron chi connectivity index (χ3n) is 0. The molecule has 17 heteroatoms. The Hall–Kier alpha value is -1.32. The average molecular weight is 345 g/mol.